The molecule has 0 radical (unpaired) electrons. The van der Waals surface area contributed by atoms with Crippen molar-refractivity contribution in [3.8, 4) is 0 Å². The Kier molecular flexibility index (Phi) is 2.67. The highest BCUT2D eigenvalue weighted by Gasteiger charge is 2.35. The van der Waals surface area contributed by atoms with Gasteiger partial charge in [-0.3, -0.25) is 0 Å². The summed E-state index contributed by atoms with van der Waals surface area (Å²) >= 11 is 5.86. The molecular formula is C9H6BClF3NO. The van der Waals surface area contributed by atoms with Crippen LogP contribution in [-0.4, -0.2) is 7.18 Å². The van der Waals surface area contributed by atoms with Gasteiger partial charge in [-0.25, -0.2) is 0 Å². The summed E-state index contributed by atoms with van der Waals surface area (Å²) in [6, 6.07) is 7.79. The maximum Gasteiger partial charge on any atom is 0.752 e. The van der Waals surface area contributed by atoms with Crippen LogP contribution in [0.25, 0.3) is 10.9 Å². The minimum absolute atomic E-state index is 0.272. The first-order valence-corrected chi connectivity index (χ1v) is 4.82. The predicted molar refractivity (Wildman–Crippen MR) is 54.8 cm³/mol. The van der Waals surface area contributed by atoms with Gasteiger partial charge < -0.3 is 17.7 Å². The molecule has 0 bridgehead atoms. The molecule has 2 aromatic rings. The number of nitrogens with zero attached hydrogens (tertiary/aromatic N) is 1. The molecule has 0 aliphatic heterocycles. The van der Waals surface area contributed by atoms with Gasteiger partial charge in [-0.15, -0.1) is 0 Å². The Morgan fingerprint density at radius 2 is 1.81 bits per heavy atom. The number of pyridine rings is 1. The van der Waals surface area contributed by atoms with Gasteiger partial charge in [-0.2, -0.15) is 0 Å². The van der Waals surface area contributed by atoms with Crippen molar-refractivity contribution < 1.29 is 22.4 Å². The van der Waals surface area contributed by atoms with Gasteiger partial charge in [0.05, 0.1) is 10.4 Å². The SMILES string of the molecule is F[B-](F)(F)O[n+]1ccc(Cl)c2ccccc21. The molecule has 1 heterocycles. The predicted octanol–water partition coefficient (Wildman–Crippen LogP) is 2.55. The third-order valence-electron chi connectivity index (χ3n) is 1.99. The van der Waals surface area contributed by atoms with Crippen LogP contribution in [0.5, 0.6) is 0 Å². The van der Waals surface area contributed by atoms with Crippen LogP contribution in [0.15, 0.2) is 36.5 Å². The number of para-hydroxylation sites is 1. The van der Waals surface area contributed by atoms with E-state index in [0.29, 0.717) is 15.1 Å². The van der Waals surface area contributed by atoms with E-state index in [1.54, 1.807) is 18.2 Å². The molecule has 0 amide bonds. The lowest BCUT2D eigenvalue weighted by molar-refractivity contribution is -0.847. The molecule has 0 atom stereocenters. The Hall–Kier alpha value is -1.43. The van der Waals surface area contributed by atoms with Crippen LogP contribution in [-0.2, 0) is 0 Å². The molecular weight excluding hydrogens is 241 g/mol. The molecule has 1 aromatic carbocycles. The van der Waals surface area contributed by atoms with Crippen LogP contribution in [0.2, 0.25) is 5.02 Å². The Morgan fingerprint density at radius 1 is 1.12 bits per heavy atom. The maximum atomic E-state index is 12.2. The fraction of sp³-hybridized carbons (Fsp3) is 0. The van der Waals surface area contributed by atoms with E-state index in [0.717, 1.165) is 6.20 Å². The topological polar surface area (TPSA) is 13.1 Å². The van der Waals surface area contributed by atoms with E-state index in [2.05, 4.69) is 4.76 Å². The Balaban J connectivity index is 2.59. The van der Waals surface area contributed by atoms with Crippen LogP contribution in [0.1, 0.15) is 0 Å². The highest BCUT2D eigenvalue weighted by Crippen LogP contribution is 2.19. The molecule has 0 unspecified atom stereocenters. The first kappa shape index (κ1) is 11.1. The van der Waals surface area contributed by atoms with Crippen molar-refractivity contribution in [2.24, 2.45) is 0 Å². The number of aromatic nitrogens is 1. The average molecular weight is 247 g/mol. The second kappa shape index (κ2) is 3.86. The zero-order chi connectivity index (χ0) is 11.8. The Morgan fingerprint density at radius 3 is 2.50 bits per heavy atom. The second-order valence-corrected chi connectivity index (χ2v) is 3.53. The molecule has 0 fully saturated rings. The number of hydrogen-bond acceptors (Lipinski definition) is 1. The first-order valence-electron chi connectivity index (χ1n) is 4.44. The van der Waals surface area contributed by atoms with E-state index in [4.69, 9.17) is 11.6 Å². The summed E-state index contributed by atoms with van der Waals surface area (Å²) in [4.78, 5) is 0. The molecule has 0 N–H and O–H groups in total. The van der Waals surface area contributed by atoms with Crippen LogP contribution in [0.4, 0.5) is 12.9 Å². The minimum Gasteiger partial charge on any atom is -0.407 e. The fourth-order valence-electron chi connectivity index (χ4n) is 1.39. The summed E-state index contributed by atoms with van der Waals surface area (Å²) in [5.74, 6) is 0. The summed E-state index contributed by atoms with van der Waals surface area (Å²) in [6.07, 6.45) is 1.14. The van der Waals surface area contributed by atoms with Gasteiger partial charge >= 0.3 is 7.18 Å². The lowest BCUT2D eigenvalue weighted by Gasteiger charge is -2.11. The second-order valence-electron chi connectivity index (χ2n) is 3.13. The normalized spacial score (nSPS) is 11.8. The van der Waals surface area contributed by atoms with Crippen molar-refractivity contribution in [1.82, 2.24) is 0 Å². The van der Waals surface area contributed by atoms with Gasteiger partial charge in [-0.1, -0.05) is 23.7 Å². The molecule has 7 heteroatoms. The zero-order valence-corrected chi connectivity index (χ0v) is 8.66. The summed E-state index contributed by atoms with van der Waals surface area (Å²) in [5, 5.41) is 0.886. The zero-order valence-electron chi connectivity index (χ0n) is 7.91. The molecule has 0 aliphatic carbocycles. The summed E-state index contributed by atoms with van der Waals surface area (Å²) in [5.41, 5.74) is 0.272. The van der Waals surface area contributed by atoms with Gasteiger partial charge in [0.25, 0.3) is 5.52 Å². The molecule has 0 aliphatic rings. The smallest absolute Gasteiger partial charge is 0.407 e. The van der Waals surface area contributed by atoms with Crippen LogP contribution in [0, 0.1) is 0 Å². The molecule has 2 rings (SSSR count). The molecule has 0 spiro atoms. The van der Waals surface area contributed by atoms with E-state index in [1.165, 1.54) is 12.1 Å². The van der Waals surface area contributed by atoms with Crippen molar-refractivity contribution in [2.45, 2.75) is 0 Å². The van der Waals surface area contributed by atoms with Crippen molar-refractivity contribution in [3.05, 3.63) is 41.6 Å². The maximum absolute atomic E-state index is 12.2. The third-order valence-corrected chi connectivity index (χ3v) is 2.32. The summed E-state index contributed by atoms with van der Waals surface area (Å²) in [6.45, 7) is 0. The molecule has 2 nitrogen and oxygen atoms in total. The third kappa shape index (κ3) is 2.22. The molecule has 0 saturated carbocycles. The van der Waals surface area contributed by atoms with E-state index >= 15 is 0 Å². The first-order chi connectivity index (χ1) is 7.47. The largest absolute Gasteiger partial charge is 0.752 e. The highest BCUT2D eigenvalue weighted by molar-refractivity contribution is 6.50. The molecule has 0 saturated heterocycles. The van der Waals surface area contributed by atoms with Crippen molar-refractivity contribution in [1.29, 1.82) is 0 Å². The van der Waals surface area contributed by atoms with Gasteiger partial charge in [0.1, 0.15) is 0 Å². The Labute approximate surface area is 94.3 Å². The highest BCUT2D eigenvalue weighted by atomic mass is 35.5. The monoisotopic (exact) mass is 247 g/mol. The summed E-state index contributed by atoms with van der Waals surface area (Å²) < 4.78 is 41.0. The number of halogens is 4. The van der Waals surface area contributed by atoms with Crippen LogP contribution in [0.3, 0.4) is 0 Å². The van der Waals surface area contributed by atoms with Gasteiger partial charge in [0, 0.05) is 12.1 Å². The van der Waals surface area contributed by atoms with Gasteiger partial charge in [0.2, 0.25) is 6.20 Å². The molecule has 16 heavy (non-hydrogen) atoms. The summed E-state index contributed by atoms with van der Waals surface area (Å²) in [7, 11) is -5.35. The standard InChI is InChI=1S/C9H6BClF3NO/c11-8-5-6-15(16-10(12,13)14)9-4-2-1-3-7(8)9/h1-6H. The van der Waals surface area contributed by atoms with Crippen molar-refractivity contribution in [2.75, 3.05) is 0 Å². The van der Waals surface area contributed by atoms with Gasteiger partial charge in [-0.05, 0) is 10.8 Å². The molecule has 84 valence electrons. The fourth-order valence-corrected chi connectivity index (χ4v) is 1.61. The lowest BCUT2D eigenvalue weighted by atomic mass is 10.2. The lowest BCUT2D eigenvalue weighted by Crippen LogP contribution is -2.52. The molecule has 1 aromatic heterocycles. The average Bonchev–Trinajstić information content (AvgIpc) is 2.21. The quantitative estimate of drug-likeness (QED) is 0.587. The van der Waals surface area contributed by atoms with E-state index < -0.39 is 7.18 Å². The van der Waals surface area contributed by atoms with Gasteiger partial charge in [0.15, 0.2) is 0 Å². The van der Waals surface area contributed by atoms with Crippen LogP contribution < -0.4 is 9.49 Å². The van der Waals surface area contributed by atoms with Crippen molar-refractivity contribution >= 4 is 29.7 Å². The van der Waals surface area contributed by atoms with Crippen molar-refractivity contribution in [3.63, 3.8) is 0 Å². The van der Waals surface area contributed by atoms with E-state index in [-0.39, 0.29) is 5.52 Å². The van der Waals surface area contributed by atoms with E-state index in [1.807, 2.05) is 0 Å². The number of hydrogen-bond donors (Lipinski definition) is 0. The minimum atomic E-state index is -5.35. The number of rotatable bonds is 2. The number of benzene rings is 1. The number of fused-ring (bicyclic) bond motifs is 1. The Bertz CT molecular complexity index is 532. The van der Waals surface area contributed by atoms with Crippen LogP contribution >= 0.6 is 11.6 Å². The van der Waals surface area contributed by atoms with E-state index in [9.17, 15) is 12.9 Å².